The van der Waals surface area contributed by atoms with Crippen LogP contribution in [0.15, 0.2) is 36.7 Å². The Morgan fingerprint density at radius 2 is 1.50 bits per heavy atom. The first kappa shape index (κ1) is 8.74. The van der Waals surface area contributed by atoms with E-state index in [0.29, 0.717) is 16.9 Å². The predicted octanol–water partition coefficient (Wildman–Crippen LogP) is 2.05. The van der Waals surface area contributed by atoms with Gasteiger partial charge in [-0.05, 0) is 24.3 Å². The lowest BCUT2D eigenvalue weighted by Gasteiger charge is -2.02. The highest BCUT2D eigenvalue weighted by molar-refractivity contribution is 5.96. The molecule has 74 valence electrons. The number of hydrogen-bond acceptors (Lipinski definition) is 4. The molecular formula is C12H6N4. The van der Waals surface area contributed by atoms with Crippen molar-refractivity contribution in [3.8, 4) is 6.07 Å². The molecule has 16 heavy (non-hydrogen) atoms. The SMILES string of the molecule is N#Cc1c2cccnc2nc2ncccc12. The Hall–Kier alpha value is -2.54. The molecule has 4 nitrogen and oxygen atoms in total. The van der Waals surface area contributed by atoms with Crippen LogP contribution >= 0.6 is 0 Å². The van der Waals surface area contributed by atoms with Crippen molar-refractivity contribution >= 4 is 22.1 Å². The van der Waals surface area contributed by atoms with E-state index in [1.54, 1.807) is 24.5 Å². The third-order valence-corrected chi connectivity index (χ3v) is 2.44. The maximum atomic E-state index is 9.20. The van der Waals surface area contributed by atoms with Gasteiger partial charge >= 0.3 is 0 Å². The van der Waals surface area contributed by atoms with E-state index in [1.165, 1.54) is 0 Å². The smallest absolute Gasteiger partial charge is 0.162 e. The van der Waals surface area contributed by atoms with E-state index < -0.39 is 0 Å². The molecule has 0 saturated carbocycles. The molecule has 0 aromatic carbocycles. The van der Waals surface area contributed by atoms with Crippen LogP contribution in [0.3, 0.4) is 0 Å². The fourth-order valence-electron chi connectivity index (χ4n) is 1.73. The Kier molecular flexibility index (Phi) is 1.77. The molecule has 0 saturated heterocycles. The summed E-state index contributed by atoms with van der Waals surface area (Å²) in [7, 11) is 0. The second kappa shape index (κ2) is 3.24. The number of pyridine rings is 3. The largest absolute Gasteiger partial charge is 0.237 e. The Balaban J connectivity index is 2.63. The summed E-state index contributed by atoms with van der Waals surface area (Å²) in [6.07, 6.45) is 3.32. The molecule has 3 aromatic rings. The van der Waals surface area contributed by atoms with Crippen LogP contribution in [0.4, 0.5) is 0 Å². The van der Waals surface area contributed by atoms with Gasteiger partial charge in [0.2, 0.25) is 0 Å². The van der Waals surface area contributed by atoms with Gasteiger partial charge in [0.1, 0.15) is 6.07 Å². The van der Waals surface area contributed by atoms with Crippen molar-refractivity contribution in [3.05, 3.63) is 42.2 Å². The van der Waals surface area contributed by atoms with E-state index >= 15 is 0 Å². The highest BCUT2D eigenvalue weighted by atomic mass is 14.9. The zero-order valence-electron chi connectivity index (χ0n) is 8.25. The van der Waals surface area contributed by atoms with Crippen LogP contribution in [0.1, 0.15) is 5.56 Å². The minimum atomic E-state index is 0.560. The van der Waals surface area contributed by atoms with E-state index in [2.05, 4.69) is 21.0 Å². The summed E-state index contributed by atoms with van der Waals surface area (Å²) in [5.41, 5.74) is 1.71. The summed E-state index contributed by atoms with van der Waals surface area (Å²) in [6.45, 7) is 0. The van der Waals surface area contributed by atoms with Gasteiger partial charge in [0, 0.05) is 23.2 Å². The molecule has 4 heteroatoms. The first-order valence-corrected chi connectivity index (χ1v) is 4.80. The number of hydrogen-bond donors (Lipinski definition) is 0. The molecule has 3 heterocycles. The fourth-order valence-corrected chi connectivity index (χ4v) is 1.73. The van der Waals surface area contributed by atoms with Gasteiger partial charge in [-0.25, -0.2) is 15.0 Å². The van der Waals surface area contributed by atoms with E-state index in [-0.39, 0.29) is 0 Å². The fraction of sp³-hybridized carbons (Fsp3) is 0. The molecule has 0 atom stereocenters. The normalized spacial score (nSPS) is 10.4. The Morgan fingerprint density at radius 1 is 0.938 bits per heavy atom. The Bertz CT molecular complexity index is 674. The lowest BCUT2D eigenvalue weighted by molar-refractivity contribution is 1.26. The third kappa shape index (κ3) is 1.12. The minimum Gasteiger partial charge on any atom is -0.237 e. The molecule has 3 rings (SSSR count). The average Bonchev–Trinajstić information content (AvgIpc) is 2.36. The van der Waals surface area contributed by atoms with Crippen LogP contribution in [-0.2, 0) is 0 Å². The van der Waals surface area contributed by atoms with E-state index in [9.17, 15) is 5.26 Å². The van der Waals surface area contributed by atoms with Crippen LogP contribution < -0.4 is 0 Å². The Labute approximate surface area is 91.2 Å². The summed E-state index contributed by atoms with van der Waals surface area (Å²) in [5, 5.41) is 10.7. The zero-order valence-corrected chi connectivity index (χ0v) is 8.25. The van der Waals surface area contributed by atoms with Crippen molar-refractivity contribution in [1.29, 1.82) is 5.26 Å². The van der Waals surface area contributed by atoms with Crippen LogP contribution in [-0.4, -0.2) is 15.0 Å². The second-order valence-electron chi connectivity index (χ2n) is 3.35. The van der Waals surface area contributed by atoms with Gasteiger partial charge in [-0.1, -0.05) is 0 Å². The van der Waals surface area contributed by atoms with Crippen molar-refractivity contribution in [2.75, 3.05) is 0 Å². The lowest BCUT2D eigenvalue weighted by Crippen LogP contribution is -1.92. The molecule has 0 spiro atoms. The van der Waals surface area contributed by atoms with Gasteiger partial charge in [0.05, 0.1) is 5.56 Å². The predicted molar refractivity (Wildman–Crippen MR) is 59.6 cm³/mol. The molecule has 0 fully saturated rings. The summed E-state index contributed by atoms with van der Waals surface area (Å²) in [4.78, 5) is 12.6. The number of rotatable bonds is 0. The molecule has 0 unspecified atom stereocenters. The second-order valence-corrected chi connectivity index (χ2v) is 3.35. The van der Waals surface area contributed by atoms with Crippen molar-refractivity contribution in [2.24, 2.45) is 0 Å². The minimum absolute atomic E-state index is 0.560. The number of nitrogens with zero attached hydrogens (tertiary/aromatic N) is 4. The molecule has 0 N–H and O–H groups in total. The van der Waals surface area contributed by atoms with Crippen molar-refractivity contribution in [2.45, 2.75) is 0 Å². The summed E-state index contributed by atoms with van der Waals surface area (Å²) in [5.74, 6) is 0. The van der Waals surface area contributed by atoms with Gasteiger partial charge in [-0.2, -0.15) is 5.26 Å². The molecule has 0 bridgehead atoms. The average molecular weight is 206 g/mol. The molecular weight excluding hydrogens is 200 g/mol. The maximum Gasteiger partial charge on any atom is 0.162 e. The van der Waals surface area contributed by atoms with Crippen molar-refractivity contribution in [1.82, 2.24) is 15.0 Å². The summed E-state index contributed by atoms with van der Waals surface area (Å²) >= 11 is 0. The van der Waals surface area contributed by atoms with Gasteiger partial charge in [-0.3, -0.25) is 0 Å². The zero-order chi connectivity index (χ0) is 11.0. The molecule has 0 aliphatic rings. The van der Waals surface area contributed by atoms with Crippen LogP contribution in [0.2, 0.25) is 0 Å². The first-order valence-electron chi connectivity index (χ1n) is 4.80. The number of fused-ring (bicyclic) bond motifs is 2. The quantitative estimate of drug-likeness (QED) is 0.528. The highest BCUT2D eigenvalue weighted by Gasteiger charge is 2.08. The van der Waals surface area contributed by atoms with Crippen molar-refractivity contribution < 1.29 is 0 Å². The first-order chi connectivity index (χ1) is 7.90. The maximum absolute atomic E-state index is 9.20. The van der Waals surface area contributed by atoms with E-state index in [4.69, 9.17) is 0 Å². The van der Waals surface area contributed by atoms with Gasteiger partial charge in [0.25, 0.3) is 0 Å². The van der Waals surface area contributed by atoms with Crippen LogP contribution in [0.25, 0.3) is 22.1 Å². The molecule has 0 aliphatic carbocycles. The number of nitriles is 1. The van der Waals surface area contributed by atoms with Crippen LogP contribution in [0, 0.1) is 11.3 Å². The number of aromatic nitrogens is 3. The summed E-state index contributed by atoms with van der Waals surface area (Å²) in [6, 6.07) is 9.49. The van der Waals surface area contributed by atoms with Gasteiger partial charge < -0.3 is 0 Å². The Morgan fingerprint density at radius 3 is 2.00 bits per heavy atom. The van der Waals surface area contributed by atoms with Crippen molar-refractivity contribution in [3.63, 3.8) is 0 Å². The summed E-state index contributed by atoms with van der Waals surface area (Å²) < 4.78 is 0. The third-order valence-electron chi connectivity index (χ3n) is 2.44. The van der Waals surface area contributed by atoms with Gasteiger partial charge in [0.15, 0.2) is 11.3 Å². The molecule has 0 aliphatic heterocycles. The lowest BCUT2D eigenvalue weighted by atomic mass is 10.1. The topological polar surface area (TPSA) is 62.5 Å². The highest BCUT2D eigenvalue weighted by Crippen LogP contribution is 2.22. The van der Waals surface area contributed by atoms with E-state index in [1.807, 2.05) is 12.1 Å². The molecule has 3 aromatic heterocycles. The monoisotopic (exact) mass is 206 g/mol. The van der Waals surface area contributed by atoms with Gasteiger partial charge in [-0.15, -0.1) is 0 Å². The van der Waals surface area contributed by atoms with Crippen LogP contribution in [0.5, 0.6) is 0 Å². The molecule has 0 amide bonds. The molecule has 0 radical (unpaired) electrons. The van der Waals surface area contributed by atoms with E-state index in [0.717, 1.165) is 10.8 Å². The standard InChI is InChI=1S/C12H6N4/c13-7-10-8-3-1-5-14-11(8)16-12-9(10)4-2-6-15-12/h1-6H.